The smallest absolute Gasteiger partial charge is 0.226 e. The first kappa shape index (κ1) is 11.4. The number of hydrogen-bond acceptors (Lipinski definition) is 6. The van der Waals surface area contributed by atoms with Crippen molar-refractivity contribution in [2.45, 2.75) is 6.54 Å². The number of aromatic amines is 1. The first-order chi connectivity index (χ1) is 9.36. The van der Waals surface area contributed by atoms with E-state index in [1.807, 2.05) is 18.3 Å². The summed E-state index contributed by atoms with van der Waals surface area (Å²) in [5.41, 5.74) is 1.79. The Kier molecular flexibility index (Phi) is 2.93. The van der Waals surface area contributed by atoms with Crippen LogP contribution in [0.1, 0.15) is 5.56 Å². The number of pyridine rings is 1. The van der Waals surface area contributed by atoms with Gasteiger partial charge in [0.1, 0.15) is 5.82 Å². The van der Waals surface area contributed by atoms with Crippen molar-refractivity contribution in [3.8, 4) is 0 Å². The van der Waals surface area contributed by atoms with Gasteiger partial charge >= 0.3 is 0 Å². The number of aromatic nitrogens is 5. The van der Waals surface area contributed by atoms with Crippen molar-refractivity contribution in [1.29, 1.82) is 0 Å². The van der Waals surface area contributed by atoms with E-state index in [0.29, 0.717) is 18.1 Å². The zero-order valence-corrected chi connectivity index (χ0v) is 10.4. The quantitative estimate of drug-likeness (QED) is 0.652. The van der Waals surface area contributed by atoms with Crippen molar-refractivity contribution in [2.24, 2.45) is 0 Å². The van der Waals surface area contributed by atoms with E-state index in [4.69, 9.17) is 0 Å². The SMILES string of the molecule is CNc1nc(NCc2cccnc2)c2cn[nH]c2n1. The summed E-state index contributed by atoms with van der Waals surface area (Å²) in [4.78, 5) is 12.7. The number of anilines is 2. The first-order valence-electron chi connectivity index (χ1n) is 5.88. The zero-order valence-electron chi connectivity index (χ0n) is 10.4. The Bertz CT molecular complexity index is 677. The molecule has 7 heteroatoms. The Morgan fingerprint density at radius 3 is 3.00 bits per heavy atom. The minimum absolute atomic E-state index is 0.547. The molecule has 0 unspecified atom stereocenters. The molecule has 0 aliphatic heterocycles. The predicted molar refractivity (Wildman–Crippen MR) is 72.8 cm³/mol. The van der Waals surface area contributed by atoms with Gasteiger partial charge in [-0.2, -0.15) is 15.1 Å². The normalized spacial score (nSPS) is 10.6. The van der Waals surface area contributed by atoms with Crippen LogP contribution >= 0.6 is 0 Å². The Labute approximate surface area is 109 Å². The van der Waals surface area contributed by atoms with E-state index < -0.39 is 0 Å². The third kappa shape index (κ3) is 2.30. The van der Waals surface area contributed by atoms with Crippen LogP contribution in [0.4, 0.5) is 11.8 Å². The average Bonchev–Trinajstić information content (AvgIpc) is 2.94. The van der Waals surface area contributed by atoms with E-state index in [1.165, 1.54) is 0 Å². The van der Waals surface area contributed by atoms with E-state index in [9.17, 15) is 0 Å². The predicted octanol–water partition coefficient (Wildman–Crippen LogP) is 1.40. The monoisotopic (exact) mass is 255 g/mol. The van der Waals surface area contributed by atoms with Crippen LogP contribution in [0, 0.1) is 0 Å². The van der Waals surface area contributed by atoms with Crippen LogP contribution in [0.25, 0.3) is 11.0 Å². The summed E-state index contributed by atoms with van der Waals surface area (Å²) in [6.45, 7) is 0.647. The lowest BCUT2D eigenvalue weighted by Gasteiger charge is -2.07. The molecular weight excluding hydrogens is 242 g/mol. The van der Waals surface area contributed by atoms with Crippen molar-refractivity contribution >= 4 is 22.8 Å². The fraction of sp³-hybridized carbons (Fsp3) is 0.167. The van der Waals surface area contributed by atoms with Gasteiger partial charge in [-0.15, -0.1) is 0 Å². The minimum atomic E-state index is 0.547. The third-order valence-electron chi connectivity index (χ3n) is 2.72. The molecule has 0 aliphatic rings. The summed E-state index contributed by atoms with van der Waals surface area (Å²) < 4.78 is 0. The molecule has 0 aromatic carbocycles. The lowest BCUT2D eigenvalue weighted by Crippen LogP contribution is -2.05. The van der Waals surface area contributed by atoms with Crippen molar-refractivity contribution in [2.75, 3.05) is 17.7 Å². The Hall–Kier alpha value is -2.70. The highest BCUT2D eigenvalue weighted by molar-refractivity contribution is 5.86. The van der Waals surface area contributed by atoms with Gasteiger partial charge in [0.15, 0.2) is 5.65 Å². The molecule has 0 aliphatic carbocycles. The van der Waals surface area contributed by atoms with Gasteiger partial charge in [-0.1, -0.05) is 6.07 Å². The topological polar surface area (TPSA) is 91.4 Å². The van der Waals surface area contributed by atoms with Crippen LogP contribution in [0.15, 0.2) is 30.7 Å². The molecular formula is C12H13N7. The van der Waals surface area contributed by atoms with Crippen LogP contribution in [-0.4, -0.2) is 32.2 Å². The zero-order chi connectivity index (χ0) is 13.1. The van der Waals surface area contributed by atoms with Gasteiger partial charge in [0, 0.05) is 26.0 Å². The molecule has 0 saturated carbocycles. The summed E-state index contributed by atoms with van der Waals surface area (Å²) in [6, 6.07) is 3.91. The fourth-order valence-corrected chi connectivity index (χ4v) is 1.77. The maximum atomic E-state index is 4.39. The van der Waals surface area contributed by atoms with E-state index >= 15 is 0 Å². The van der Waals surface area contributed by atoms with Crippen molar-refractivity contribution in [1.82, 2.24) is 25.1 Å². The largest absolute Gasteiger partial charge is 0.365 e. The van der Waals surface area contributed by atoms with Crippen LogP contribution < -0.4 is 10.6 Å². The van der Waals surface area contributed by atoms with Gasteiger partial charge in [0.05, 0.1) is 11.6 Å². The molecule has 0 atom stereocenters. The lowest BCUT2D eigenvalue weighted by atomic mass is 10.3. The maximum Gasteiger partial charge on any atom is 0.226 e. The summed E-state index contributed by atoms with van der Waals surface area (Å²) in [7, 11) is 1.78. The molecule has 0 radical (unpaired) electrons. The number of fused-ring (bicyclic) bond motifs is 1. The second-order valence-electron chi connectivity index (χ2n) is 3.99. The van der Waals surface area contributed by atoms with E-state index in [0.717, 1.165) is 16.8 Å². The van der Waals surface area contributed by atoms with Gasteiger partial charge in [-0.25, -0.2) is 0 Å². The van der Waals surface area contributed by atoms with Crippen LogP contribution in [0.2, 0.25) is 0 Å². The highest BCUT2D eigenvalue weighted by Crippen LogP contribution is 2.20. The van der Waals surface area contributed by atoms with Gasteiger partial charge in [-0.05, 0) is 11.6 Å². The molecule has 0 spiro atoms. The molecule has 0 amide bonds. The molecule has 0 saturated heterocycles. The molecule has 3 aromatic rings. The van der Waals surface area contributed by atoms with Crippen LogP contribution in [0.5, 0.6) is 0 Å². The molecule has 3 rings (SSSR count). The second-order valence-corrected chi connectivity index (χ2v) is 3.99. The van der Waals surface area contributed by atoms with Gasteiger partial charge in [0.25, 0.3) is 0 Å². The third-order valence-corrected chi connectivity index (χ3v) is 2.72. The molecule has 7 nitrogen and oxygen atoms in total. The number of rotatable bonds is 4. The molecule has 3 heterocycles. The summed E-state index contributed by atoms with van der Waals surface area (Å²) in [5.74, 6) is 1.29. The summed E-state index contributed by atoms with van der Waals surface area (Å²) >= 11 is 0. The molecule has 0 fully saturated rings. The Morgan fingerprint density at radius 2 is 2.21 bits per heavy atom. The van der Waals surface area contributed by atoms with Crippen molar-refractivity contribution in [3.63, 3.8) is 0 Å². The van der Waals surface area contributed by atoms with Gasteiger partial charge in [-0.3, -0.25) is 10.1 Å². The maximum absolute atomic E-state index is 4.39. The number of H-pyrrole nitrogens is 1. The second kappa shape index (κ2) is 4.89. The number of nitrogens with one attached hydrogen (secondary N) is 3. The van der Waals surface area contributed by atoms with Crippen LogP contribution in [0.3, 0.4) is 0 Å². The van der Waals surface area contributed by atoms with Gasteiger partial charge < -0.3 is 10.6 Å². The minimum Gasteiger partial charge on any atom is -0.365 e. The molecule has 96 valence electrons. The van der Waals surface area contributed by atoms with Crippen LogP contribution in [-0.2, 0) is 6.54 Å². The Balaban J connectivity index is 1.89. The molecule has 19 heavy (non-hydrogen) atoms. The lowest BCUT2D eigenvalue weighted by molar-refractivity contribution is 1.07. The number of nitrogens with zero attached hydrogens (tertiary/aromatic N) is 4. The first-order valence-corrected chi connectivity index (χ1v) is 5.88. The van der Waals surface area contributed by atoms with E-state index in [1.54, 1.807) is 19.4 Å². The number of hydrogen-bond donors (Lipinski definition) is 3. The molecule has 3 aromatic heterocycles. The van der Waals surface area contributed by atoms with Crippen molar-refractivity contribution < 1.29 is 0 Å². The van der Waals surface area contributed by atoms with Crippen molar-refractivity contribution in [3.05, 3.63) is 36.3 Å². The average molecular weight is 255 g/mol. The highest BCUT2D eigenvalue weighted by Gasteiger charge is 2.08. The summed E-state index contributed by atoms with van der Waals surface area (Å²) in [5, 5.41) is 13.9. The van der Waals surface area contributed by atoms with E-state index in [2.05, 4.69) is 35.8 Å². The highest BCUT2D eigenvalue weighted by atomic mass is 15.2. The summed E-state index contributed by atoms with van der Waals surface area (Å²) in [6.07, 6.45) is 5.28. The van der Waals surface area contributed by atoms with Gasteiger partial charge in [0.2, 0.25) is 5.95 Å². The van der Waals surface area contributed by atoms with E-state index in [-0.39, 0.29) is 0 Å². The Morgan fingerprint density at radius 1 is 1.26 bits per heavy atom. The fourth-order valence-electron chi connectivity index (χ4n) is 1.77. The molecule has 0 bridgehead atoms. The standard InChI is InChI=1S/C12H13N7/c1-13-12-17-10(9-7-16-19-11(9)18-12)15-6-8-3-2-4-14-5-8/h2-5,7H,6H2,1H3,(H3,13,15,16,17,18,19). The molecule has 3 N–H and O–H groups in total.